The zero-order valence-electron chi connectivity index (χ0n) is 6.28. The monoisotopic (exact) mass is 164 g/mol. The third kappa shape index (κ3) is 2.09. The predicted molar refractivity (Wildman–Crippen MR) is 45.3 cm³/mol. The molecule has 0 saturated heterocycles. The first-order chi connectivity index (χ1) is 5.70. The van der Waals surface area contributed by atoms with Gasteiger partial charge in [0.2, 0.25) is 5.91 Å². The molecule has 4 nitrogen and oxygen atoms in total. The molecule has 0 spiro atoms. The molecule has 0 aromatic carbocycles. The Balaban J connectivity index is 2.97. The summed E-state index contributed by atoms with van der Waals surface area (Å²) < 4.78 is 0. The van der Waals surface area contributed by atoms with E-state index in [0.717, 1.165) is 6.08 Å². The number of amides is 1. The van der Waals surface area contributed by atoms with Crippen LogP contribution < -0.4 is 11.3 Å². The van der Waals surface area contributed by atoms with E-state index < -0.39 is 5.91 Å². The van der Waals surface area contributed by atoms with E-state index in [1.807, 2.05) is 0 Å². The van der Waals surface area contributed by atoms with Crippen molar-refractivity contribution < 1.29 is 4.79 Å². The molecule has 3 N–H and O–H groups in total. The summed E-state index contributed by atoms with van der Waals surface area (Å²) >= 11 is 0. The smallest absolute Gasteiger partial charge is 0.255 e. The van der Waals surface area contributed by atoms with Crippen molar-refractivity contribution in [3.8, 4) is 0 Å². The molecule has 0 saturated carbocycles. The highest BCUT2D eigenvalue weighted by atomic mass is 16.1. The predicted octanol–water partition coefficient (Wildman–Crippen LogP) is -0.127. The zero-order chi connectivity index (χ0) is 8.97. The number of nitrogens with one attached hydrogen (secondary N) is 1. The quantitative estimate of drug-likeness (QED) is 0.597. The Kier molecular flexibility index (Phi) is 2.42. The normalized spacial score (nSPS) is 10.3. The molecular weight excluding hydrogens is 156 g/mol. The average molecular weight is 164 g/mol. The molecule has 0 aliphatic heterocycles. The molecule has 0 unspecified atom stereocenters. The van der Waals surface area contributed by atoms with Gasteiger partial charge < -0.3 is 10.7 Å². The lowest BCUT2D eigenvalue weighted by Gasteiger charge is -1.88. The van der Waals surface area contributed by atoms with Gasteiger partial charge in [0.1, 0.15) is 0 Å². The highest BCUT2D eigenvalue weighted by Crippen LogP contribution is 1.91. The van der Waals surface area contributed by atoms with E-state index >= 15 is 0 Å². The average Bonchev–Trinajstić information content (AvgIpc) is 2.03. The van der Waals surface area contributed by atoms with Crippen LogP contribution >= 0.6 is 0 Å². The van der Waals surface area contributed by atoms with Crippen molar-refractivity contribution in [2.24, 2.45) is 5.73 Å². The number of carbonyl (C=O) groups excluding carboxylic acids is 1. The van der Waals surface area contributed by atoms with E-state index in [4.69, 9.17) is 5.73 Å². The standard InChI is InChI=1S/C8H8N2O2/c9-7(11)4-3-6-2-1-5-10-8(6)12/h1-5H,(H2,9,11)(H,10,12). The molecule has 0 atom stereocenters. The Morgan fingerprint density at radius 2 is 2.33 bits per heavy atom. The van der Waals surface area contributed by atoms with Gasteiger partial charge in [-0.15, -0.1) is 0 Å². The maximum atomic E-state index is 11.0. The minimum Gasteiger partial charge on any atom is -0.366 e. The lowest BCUT2D eigenvalue weighted by atomic mass is 10.2. The Morgan fingerprint density at radius 1 is 1.58 bits per heavy atom. The first-order valence-corrected chi connectivity index (χ1v) is 3.35. The molecule has 0 bridgehead atoms. The van der Waals surface area contributed by atoms with Crippen LogP contribution in [0.4, 0.5) is 0 Å². The van der Waals surface area contributed by atoms with Gasteiger partial charge in [-0.05, 0) is 18.2 Å². The Labute approximate surface area is 68.7 Å². The summed E-state index contributed by atoms with van der Waals surface area (Å²) in [5.74, 6) is -0.571. The third-order valence-corrected chi connectivity index (χ3v) is 1.28. The molecule has 1 aromatic rings. The molecule has 1 rings (SSSR count). The SMILES string of the molecule is NC(=O)C=Cc1ccc[nH]c1=O. The van der Waals surface area contributed by atoms with E-state index in [9.17, 15) is 9.59 Å². The molecule has 12 heavy (non-hydrogen) atoms. The second kappa shape index (κ2) is 3.52. The molecule has 62 valence electrons. The van der Waals surface area contributed by atoms with Crippen molar-refractivity contribution in [2.45, 2.75) is 0 Å². The second-order valence-corrected chi connectivity index (χ2v) is 2.19. The number of aromatic amines is 1. The van der Waals surface area contributed by atoms with Gasteiger partial charge in [-0.1, -0.05) is 0 Å². The number of hydrogen-bond acceptors (Lipinski definition) is 2. The Hall–Kier alpha value is -1.84. The van der Waals surface area contributed by atoms with Crippen LogP contribution in [-0.4, -0.2) is 10.9 Å². The molecule has 1 heterocycles. The van der Waals surface area contributed by atoms with Crippen molar-refractivity contribution in [3.05, 3.63) is 40.3 Å². The highest BCUT2D eigenvalue weighted by molar-refractivity contribution is 5.90. The van der Waals surface area contributed by atoms with Crippen LogP contribution in [0.15, 0.2) is 29.2 Å². The maximum Gasteiger partial charge on any atom is 0.255 e. The lowest BCUT2D eigenvalue weighted by Crippen LogP contribution is -2.09. The summed E-state index contributed by atoms with van der Waals surface area (Å²) in [5.41, 5.74) is 5.02. The van der Waals surface area contributed by atoms with E-state index in [0.29, 0.717) is 5.56 Å². The van der Waals surface area contributed by atoms with Crippen LogP contribution in [0.1, 0.15) is 5.56 Å². The minimum atomic E-state index is -0.571. The summed E-state index contributed by atoms with van der Waals surface area (Å²) in [6, 6.07) is 3.26. The molecule has 4 heteroatoms. The van der Waals surface area contributed by atoms with Gasteiger partial charge in [-0.25, -0.2) is 0 Å². The molecule has 1 amide bonds. The van der Waals surface area contributed by atoms with Gasteiger partial charge >= 0.3 is 0 Å². The number of pyridine rings is 1. The van der Waals surface area contributed by atoms with E-state index in [1.54, 1.807) is 12.1 Å². The van der Waals surface area contributed by atoms with Crippen LogP contribution in [0.5, 0.6) is 0 Å². The first kappa shape index (κ1) is 8.26. The fourth-order valence-electron chi connectivity index (χ4n) is 0.738. The third-order valence-electron chi connectivity index (χ3n) is 1.28. The van der Waals surface area contributed by atoms with Gasteiger partial charge in [0, 0.05) is 17.8 Å². The van der Waals surface area contributed by atoms with Gasteiger partial charge in [-0.2, -0.15) is 0 Å². The number of hydrogen-bond donors (Lipinski definition) is 2. The molecule has 0 radical (unpaired) electrons. The van der Waals surface area contributed by atoms with Crippen LogP contribution in [-0.2, 0) is 4.79 Å². The fraction of sp³-hybridized carbons (Fsp3) is 0. The van der Waals surface area contributed by atoms with Crippen molar-refractivity contribution >= 4 is 12.0 Å². The molecule has 0 fully saturated rings. The van der Waals surface area contributed by atoms with Crippen LogP contribution in [0.2, 0.25) is 0 Å². The molecule has 1 aromatic heterocycles. The number of nitrogens with two attached hydrogens (primary N) is 1. The topological polar surface area (TPSA) is 76.0 Å². The summed E-state index contributed by atoms with van der Waals surface area (Å²) in [7, 11) is 0. The number of primary amides is 1. The van der Waals surface area contributed by atoms with Gasteiger partial charge in [0.15, 0.2) is 0 Å². The van der Waals surface area contributed by atoms with Crippen molar-refractivity contribution in [1.82, 2.24) is 4.98 Å². The second-order valence-electron chi connectivity index (χ2n) is 2.19. The summed E-state index contributed by atoms with van der Waals surface area (Å²) in [6.07, 6.45) is 4.04. The van der Waals surface area contributed by atoms with Crippen LogP contribution in [0, 0.1) is 0 Å². The van der Waals surface area contributed by atoms with Gasteiger partial charge in [-0.3, -0.25) is 9.59 Å². The summed E-state index contributed by atoms with van der Waals surface area (Å²) in [6.45, 7) is 0. The molecule has 0 aliphatic carbocycles. The van der Waals surface area contributed by atoms with E-state index in [-0.39, 0.29) is 5.56 Å². The fourth-order valence-corrected chi connectivity index (χ4v) is 0.738. The summed E-state index contributed by atoms with van der Waals surface area (Å²) in [5, 5.41) is 0. The maximum absolute atomic E-state index is 11.0. The van der Waals surface area contributed by atoms with E-state index in [1.165, 1.54) is 12.3 Å². The molecule has 0 aliphatic rings. The minimum absolute atomic E-state index is 0.241. The van der Waals surface area contributed by atoms with Crippen molar-refractivity contribution in [3.63, 3.8) is 0 Å². The van der Waals surface area contributed by atoms with Gasteiger partial charge in [0.05, 0.1) is 0 Å². The lowest BCUT2D eigenvalue weighted by molar-refractivity contribution is -0.113. The first-order valence-electron chi connectivity index (χ1n) is 3.35. The zero-order valence-corrected chi connectivity index (χ0v) is 6.28. The van der Waals surface area contributed by atoms with Crippen molar-refractivity contribution in [1.29, 1.82) is 0 Å². The number of rotatable bonds is 2. The van der Waals surface area contributed by atoms with Crippen LogP contribution in [0.25, 0.3) is 6.08 Å². The Morgan fingerprint density at radius 3 is 2.92 bits per heavy atom. The van der Waals surface area contributed by atoms with E-state index in [2.05, 4.69) is 4.98 Å². The number of aromatic nitrogens is 1. The number of carbonyl (C=O) groups is 1. The van der Waals surface area contributed by atoms with Crippen LogP contribution in [0.3, 0.4) is 0 Å². The van der Waals surface area contributed by atoms with Gasteiger partial charge in [0.25, 0.3) is 5.56 Å². The van der Waals surface area contributed by atoms with Crippen molar-refractivity contribution in [2.75, 3.05) is 0 Å². The number of H-pyrrole nitrogens is 1. The summed E-state index contributed by atoms with van der Waals surface area (Å²) in [4.78, 5) is 23.7. The Bertz CT molecular complexity index is 365. The largest absolute Gasteiger partial charge is 0.366 e. The molecular formula is C8H8N2O2. The highest BCUT2D eigenvalue weighted by Gasteiger charge is 1.91.